The molecular formula is C22H23F3N4O4S. The topological polar surface area (TPSA) is 104 Å². The highest BCUT2D eigenvalue weighted by Gasteiger charge is 2.31. The zero-order valence-electron chi connectivity index (χ0n) is 18.0. The monoisotopic (exact) mass is 496 g/mol. The van der Waals surface area contributed by atoms with E-state index in [4.69, 9.17) is 0 Å². The Morgan fingerprint density at radius 1 is 1.18 bits per heavy atom. The average Bonchev–Trinajstić information content (AvgIpc) is 3.22. The molecule has 0 atom stereocenters. The molecule has 2 N–H and O–H groups in total. The zero-order valence-corrected chi connectivity index (χ0v) is 18.8. The van der Waals surface area contributed by atoms with E-state index in [1.165, 1.54) is 5.56 Å². The number of hydrogen-bond donors (Lipinski definition) is 2. The van der Waals surface area contributed by atoms with E-state index in [2.05, 4.69) is 19.4 Å². The van der Waals surface area contributed by atoms with Crippen LogP contribution in [0.4, 0.5) is 13.2 Å². The molecule has 1 amide bonds. The maximum atomic E-state index is 12.6. The van der Waals surface area contributed by atoms with Crippen LogP contribution in [0.15, 0.2) is 53.7 Å². The van der Waals surface area contributed by atoms with Gasteiger partial charge in [-0.1, -0.05) is 0 Å². The third-order valence-corrected chi connectivity index (χ3v) is 7.25. The number of likely N-dealkylation sites (tertiary alicyclic amines) is 1. The highest BCUT2D eigenvalue weighted by Crippen LogP contribution is 2.32. The molecule has 34 heavy (non-hydrogen) atoms. The minimum atomic E-state index is -4.86. The summed E-state index contributed by atoms with van der Waals surface area (Å²) >= 11 is 0. The van der Waals surface area contributed by atoms with Gasteiger partial charge in [0.25, 0.3) is 0 Å². The van der Waals surface area contributed by atoms with Crippen LogP contribution in [-0.4, -0.2) is 55.2 Å². The lowest BCUT2D eigenvalue weighted by Crippen LogP contribution is -2.39. The highest BCUT2D eigenvalue weighted by atomic mass is 32.2. The lowest BCUT2D eigenvalue weighted by molar-refractivity contribution is -0.274. The van der Waals surface area contributed by atoms with Gasteiger partial charge in [0.15, 0.2) is 0 Å². The van der Waals surface area contributed by atoms with Crippen molar-refractivity contribution in [2.45, 2.75) is 36.4 Å². The molecular weight excluding hydrogens is 473 g/mol. The maximum absolute atomic E-state index is 12.6. The standard InChI is InChI=1S/C22H23F3N4O4S/c23-22(24,25)33-16-3-5-17(6-4-16)34(31,32)28-11-7-20(30)29-12-8-15(9-13-29)19-14-27-21-18(19)2-1-10-26-21/h1-6,10,14-15,28H,7-9,11-13H2,(H,26,27). The lowest BCUT2D eigenvalue weighted by atomic mass is 9.89. The summed E-state index contributed by atoms with van der Waals surface area (Å²) < 4.78 is 67.5. The largest absolute Gasteiger partial charge is 0.573 e. The van der Waals surface area contributed by atoms with Crippen molar-refractivity contribution in [2.24, 2.45) is 0 Å². The normalized spacial score (nSPS) is 15.6. The minimum Gasteiger partial charge on any atom is -0.406 e. The van der Waals surface area contributed by atoms with Crippen molar-refractivity contribution >= 4 is 27.0 Å². The van der Waals surface area contributed by atoms with E-state index in [1.807, 2.05) is 18.3 Å². The number of aromatic nitrogens is 2. The van der Waals surface area contributed by atoms with Gasteiger partial charge >= 0.3 is 6.36 Å². The smallest absolute Gasteiger partial charge is 0.406 e. The van der Waals surface area contributed by atoms with Crippen molar-refractivity contribution in [1.29, 1.82) is 0 Å². The number of nitrogens with one attached hydrogen (secondary N) is 2. The third-order valence-electron chi connectivity index (χ3n) is 5.77. The first-order chi connectivity index (χ1) is 16.1. The first-order valence-corrected chi connectivity index (χ1v) is 12.2. The Morgan fingerprint density at radius 2 is 1.88 bits per heavy atom. The van der Waals surface area contributed by atoms with Crippen LogP contribution in [0.2, 0.25) is 0 Å². The second-order valence-electron chi connectivity index (χ2n) is 7.97. The van der Waals surface area contributed by atoms with Gasteiger partial charge in [-0.3, -0.25) is 4.79 Å². The number of fused-ring (bicyclic) bond motifs is 1. The van der Waals surface area contributed by atoms with Crippen molar-refractivity contribution in [3.8, 4) is 5.75 Å². The molecule has 1 saturated heterocycles. The van der Waals surface area contributed by atoms with Gasteiger partial charge in [0.05, 0.1) is 4.90 Å². The molecule has 1 aliphatic heterocycles. The predicted octanol–water partition coefficient (Wildman–Crippen LogP) is 3.54. The van der Waals surface area contributed by atoms with E-state index in [0.717, 1.165) is 48.1 Å². The molecule has 1 aromatic carbocycles. The van der Waals surface area contributed by atoms with E-state index < -0.39 is 22.1 Å². The molecule has 0 saturated carbocycles. The van der Waals surface area contributed by atoms with Gasteiger partial charge in [-0.15, -0.1) is 13.2 Å². The number of pyridine rings is 1. The van der Waals surface area contributed by atoms with Crippen molar-refractivity contribution < 1.29 is 31.1 Å². The number of hydrogen-bond acceptors (Lipinski definition) is 5. The van der Waals surface area contributed by atoms with Gasteiger partial charge in [0, 0.05) is 43.8 Å². The zero-order chi connectivity index (χ0) is 24.3. The molecule has 1 aliphatic rings. The summed E-state index contributed by atoms with van der Waals surface area (Å²) in [5, 5.41) is 1.08. The lowest BCUT2D eigenvalue weighted by Gasteiger charge is -2.32. The molecule has 12 heteroatoms. The Kier molecular flexibility index (Phi) is 6.80. The fraction of sp³-hybridized carbons (Fsp3) is 0.364. The van der Waals surface area contributed by atoms with Crippen LogP contribution in [0.3, 0.4) is 0 Å². The number of aromatic amines is 1. The Hall–Kier alpha value is -3.12. The molecule has 0 aliphatic carbocycles. The summed E-state index contributed by atoms with van der Waals surface area (Å²) in [6.07, 6.45) is 0.416. The van der Waals surface area contributed by atoms with E-state index in [1.54, 1.807) is 11.1 Å². The molecule has 4 rings (SSSR count). The maximum Gasteiger partial charge on any atom is 0.573 e. The van der Waals surface area contributed by atoms with Crippen molar-refractivity contribution in [3.05, 3.63) is 54.4 Å². The van der Waals surface area contributed by atoms with Crippen molar-refractivity contribution in [1.82, 2.24) is 19.6 Å². The van der Waals surface area contributed by atoms with E-state index >= 15 is 0 Å². The number of sulfonamides is 1. The molecule has 182 valence electrons. The molecule has 0 radical (unpaired) electrons. The van der Waals surface area contributed by atoms with Crippen LogP contribution < -0.4 is 9.46 Å². The second kappa shape index (κ2) is 9.63. The summed E-state index contributed by atoms with van der Waals surface area (Å²) in [5.74, 6) is -0.366. The van der Waals surface area contributed by atoms with Gasteiger partial charge in [-0.2, -0.15) is 0 Å². The second-order valence-corrected chi connectivity index (χ2v) is 9.73. The fourth-order valence-corrected chi connectivity index (χ4v) is 5.14. The van der Waals surface area contributed by atoms with E-state index in [0.29, 0.717) is 19.0 Å². The molecule has 0 unspecified atom stereocenters. The van der Waals surface area contributed by atoms with Gasteiger partial charge < -0.3 is 14.6 Å². The fourth-order valence-electron chi connectivity index (χ4n) is 4.11. The van der Waals surface area contributed by atoms with E-state index in [9.17, 15) is 26.4 Å². The van der Waals surface area contributed by atoms with Crippen LogP contribution in [-0.2, 0) is 14.8 Å². The van der Waals surface area contributed by atoms with Gasteiger partial charge in [-0.25, -0.2) is 18.1 Å². The number of alkyl halides is 3. The quantitative estimate of drug-likeness (QED) is 0.521. The summed E-state index contributed by atoms with van der Waals surface area (Å²) in [5.41, 5.74) is 2.03. The molecule has 8 nitrogen and oxygen atoms in total. The summed E-state index contributed by atoms with van der Waals surface area (Å²) in [6.45, 7) is 1.03. The molecule has 0 spiro atoms. The van der Waals surface area contributed by atoms with Crippen molar-refractivity contribution in [3.63, 3.8) is 0 Å². The first kappa shape index (κ1) is 24.0. The predicted molar refractivity (Wildman–Crippen MR) is 118 cm³/mol. The molecule has 0 bridgehead atoms. The minimum absolute atomic E-state index is 0.0177. The van der Waals surface area contributed by atoms with Crippen LogP contribution in [0, 0.1) is 0 Å². The van der Waals surface area contributed by atoms with Gasteiger partial charge in [-0.05, 0) is 60.7 Å². The molecule has 1 fully saturated rings. The summed E-state index contributed by atoms with van der Waals surface area (Å²) in [4.78, 5) is 21.5. The number of H-pyrrole nitrogens is 1. The number of amides is 1. The van der Waals surface area contributed by atoms with Gasteiger partial charge in [0.1, 0.15) is 11.4 Å². The van der Waals surface area contributed by atoms with Crippen molar-refractivity contribution in [2.75, 3.05) is 19.6 Å². The van der Waals surface area contributed by atoms with E-state index in [-0.39, 0.29) is 23.8 Å². The molecule has 2 aromatic heterocycles. The number of rotatable bonds is 7. The molecule has 3 heterocycles. The van der Waals surface area contributed by atoms with Crippen LogP contribution in [0.25, 0.3) is 11.0 Å². The number of carbonyl (C=O) groups excluding carboxylic acids is 1. The Balaban J connectivity index is 1.25. The Morgan fingerprint density at radius 3 is 2.56 bits per heavy atom. The van der Waals surface area contributed by atoms with Crippen LogP contribution in [0.5, 0.6) is 5.75 Å². The summed E-state index contributed by atoms with van der Waals surface area (Å²) in [6, 6.07) is 7.77. The van der Waals surface area contributed by atoms with Gasteiger partial charge in [0.2, 0.25) is 15.9 Å². The Labute approximate surface area is 194 Å². The number of halogens is 3. The number of ether oxygens (including phenoxy) is 1. The SMILES string of the molecule is O=C(CCNS(=O)(=O)c1ccc(OC(F)(F)F)cc1)N1CCC(c2c[nH]c3ncccc23)CC1. The van der Waals surface area contributed by atoms with Crippen LogP contribution >= 0.6 is 0 Å². The molecule has 3 aromatic rings. The average molecular weight is 497 g/mol. The summed E-state index contributed by atoms with van der Waals surface area (Å²) in [7, 11) is -3.97. The number of piperidine rings is 1. The number of carbonyl (C=O) groups is 1. The highest BCUT2D eigenvalue weighted by molar-refractivity contribution is 7.89. The number of nitrogens with zero attached hydrogens (tertiary/aromatic N) is 2. The number of benzene rings is 1. The van der Waals surface area contributed by atoms with Crippen LogP contribution in [0.1, 0.15) is 30.7 Å². The third kappa shape index (κ3) is 5.68. The first-order valence-electron chi connectivity index (χ1n) is 10.7. The Bertz CT molecular complexity index is 1250.